The molecule has 2 aromatic heterocycles. The number of aromatic amines is 1. The van der Waals surface area contributed by atoms with E-state index in [1.165, 1.54) is 24.5 Å². The predicted octanol–water partition coefficient (Wildman–Crippen LogP) is 1.19. The van der Waals surface area contributed by atoms with Crippen LogP contribution in [0.15, 0.2) is 24.5 Å². The molecular formula is C8H7FN4. The van der Waals surface area contributed by atoms with Crippen LogP contribution in [0.4, 0.5) is 10.3 Å². The van der Waals surface area contributed by atoms with Crippen LogP contribution in [0.1, 0.15) is 0 Å². The first-order valence-corrected chi connectivity index (χ1v) is 3.68. The van der Waals surface area contributed by atoms with E-state index in [1.807, 2.05) is 0 Å². The summed E-state index contributed by atoms with van der Waals surface area (Å²) in [7, 11) is 0. The standard InChI is InChI=1S/C8H7FN4/c9-5-1-2-11-6(3-5)7-4-12-8(10)13-7/h1-4H,(H3,10,12,13). The van der Waals surface area contributed by atoms with Crippen LogP contribution < -0.4 is 5.73 Å². The Morgan fingerprint density at radius 3 is 2.85 bits per heavy atom. The fourth-order valence-electron chi connectivity index (χ4n) is 1.02. The first kappa shape index (κ1) is 7.72. The van der Waals surface area contributed by atoms with Crippen molar-refractivity contribution in [3.8, 4) is 11.4 Å². The molecule has 0 aliphatic heterocycles. The van der Waals surface area contributed by atoms with Crippen molar-refractivity contribution in [2.24, 2.45) is 0 Å². The molecule has 0 aromatic carbocycles. The lowest BCUT2D eigenvalue weighted by Gasteiger charge is -1.94. The number of hydrogen-bond donors (Lipinski definition) is 2. The highest BCUT2D eigenvalue weighted by Crippen LogP contribution is 2.14. The van der Waals surface area contributed by atoms with Crippen LogP contribution in [0.5, 0.6) is 0 Å². The lowest BCUT2D eigenvalue weighted by atomic mass is 10.3. The first-order chi connectivity index (χ1) is 6.25. The minimum absolute atomic E-state index is 0.293. The Hall–Kier alpha value is -1.91. The van der Waals surface area contributed by atoms with Crippen molar-refractivity contribution in [2.75, 3.05) is 5.73 Å². The molecule has 4 nitrogen and oxygen atoms in total. The van der Waals surface area contributed by atoms with Crippen LogP contribution in [-0.2, 0) is 0 Å². The Morgan fingerprint density at radius 2 is 2.23 bits per heavy atom. The molecule has 66 valence electrons. The van der Waals surface area contributed by atoms with E-state index in [1.54, 1.807) is 0 Å². The summed E-state index contributed by atoms with van der Waals surface area (Å²) in [6, 6.07) is 2.59. The number of anilines is 1. The quantitative estimate of drug-likeness (QED) is 0.689. The van der Waals surface area contributed by atoms with E-state index in [0.29, 0.717) is 17.3 Å². The van der Waals surface area contributed by atoms with Gasteiger partial charge in [0.25, 0.3) is 0 Å². The molecule has 0 bridgehead atoms. The van der Waals surface area contributed by atoms with E-state index in [4.69, 9.17) is 5.73 Å². The molecule has 0 unspecified atom stereocenters. The molecule has 0 amide bonds. The Balaban J connectivity index is 2.46. The van der Waals surface area contributed by atoms with E-state index in [9.17, 15) is 4.39 Å². The van der Waals surface area contributed by atoms with Crippen LogP contribution in [-0.4, -0.2) is 15.0 Å². The average molecular weight is 178 g/mol. The summed E-state index contributed by atoms with van der Waals surface area (Å²) >= 11 is 0. The third-order valence-electron chi connectivity index (χ3n) is 1.59. The van der Waals surface area contributed by atoms with Gasteiger partial charge in [-0.25, -0.2) is 9.37 Å². The molecule has 0 saturated heterocycles. The average Bonchev–Trinajstić information content (AvgIpc) is 2.52. The van der Waals surface area contributed by atoms with E-state index in [0.717, 1.165) is 0 Å². The van der Waals surface area contributed by atoms with Crippen LogP contribution >= 0.6 is 0 Å². The zero-order valence-corrected chi connectivity index (χ0v) is 6.66. The van der Waals surface area contributed by atoms with Gasteiger partial charge in [-0.3, -0.25) is 4.98 Å². The Morgan fingerprint density at radius 1 is 1.38 bits per heavy atom. The molecule has 0 aliphatic carbocycles. The number of pyridine rings is 1. The SMILES string of the molecule is Nc1ncc(-c2cc(F)ccn2)[nH]1. The number of aromatic nitrogens is 3. The van der Waals surface area contributed by atoms with Gasteiger partial charge in [0.1, 0.15) is 5.82 Å². The van der Waals surface area contributed by atoms with Crippen molar-refractivity contribution in [3.05, 3.63) is 30.3 Å². The molecule has 2 heterocycles. The van der Waals surface area contributed by atoms with E-state index in [-0.39, 0.29) is 5.82 Å². The zero-order chi connectivity index (χ0) is 9.26. The molecule has 3 N–H and O–H groups in total. The number of imidazole rings is 1. The Kier molecular flexibility index (Phi) is 1.70. The highest BCUT2D eigenvalue weighted by atomic mass is 19.1. The summed E-state index contributed by atoms with van der Waals surface area (Å²) in [6.45, 7) is 0. The van der Waals surface area contributed by atoms with Gasteiger partial charge in [0.05, 0.1) is 17.6 Å². The number of halogens is 1. The number of rotatable bonds is 1. The van der Waals surface area contributed by atoms with Gasteiger partial charge in [-0.2, -0.15) is 0 Å². The van der Waals surface area contributed by atoms with Gasteiger partial charge in [0.2, 0.25) is 0 Å². The van der Waals surface area contributed by atoms with Crippen LogP contribution in [0.2, 0.25) is 0 Å². The third-order valence-corrected chi connectivity index (χ3v) is 1.59. The molecule has 0 radical (unpaired) electrons. The maximum absolute atomic E-state index is 12.8. The van der Waals surface area contributed by atoms with Gasteiger partial charge >= 0.3 is 0 Å². The second-order valence-electron chi connectivity index (χ2n) is 2.54. The van der Waals surface area contributed by atoms with E-state index < -0.39 is 0 Å². The van der Waals surface area contributed by atoms with Crippen LogP contribution in [0, 0.1) is 5.82 Å². The number of nitrogens with zero attached hydrogens (tertiary/aromatic N) is 2. The topological polar surface area (TPSA) is 67.6 Å². The van der Waals surface area contributed by atoms with Crippen molar-refractivity contribution in [3.63, 3.8) is 0 Å². The van der Waals surface area contributed by atoms with Crippen molar-refractivity contribution in [2.45, 2.75) is 0 Å². The van der Waals surface area contributed by atoms with Gasteiger partial charge in [0.15, 0.2) is 5.95 Å². The molecule has 13 heavy (non-hydrogen) atoms. The van der Waals surface area contributed by atoms with E-state index in [2.05, 4.69) is 15.0 Å². The third kappa shape index (κ3) is 1.48. The van der Waals surface area contributed by atoms with Crippen molar-refractivity contribution < 1.29 is 4.39 Å². The Labute approximate surface area is 73.6 Å². The molecule has 0 aliphatic rings. The van der Waals surface area contributed by atoms with Crippen molar-refractivity contribution in [1.82, 2.24) is 15.0 Å². The summed E-state index contributed by atoms with van der Waals surface area (Å²) in [5.74, 6) is -0.0424. The van der Waals surface area contributed by atoms with Gasteiger partial charge in [-0.05, 0) is 6.07 Å². The van der Waals surface area contributed by atoms with Crippen LogP contribution in [0.3, 0.4) is 0 Å². The second kappa shape index (κ2) is 2.85. The maximum Gasteiger partial charge on any atom is 0.197 e. The smallest absolute Gasteiger partial charge is 0.197 e. The number of nitrogens with two attached hydrogens (primary N) is 1. The number of H-pyrrole nitrogens is 1. The summed E-state index contributed by atoms with van der Waals surface area (Å²) in [6.07, 6.45) is 2.90. The van der Waals surface area contributed by atoms with Gasteiger partial charge in [-0.15, -0.1) is 0 Å². The summed E-state index contributed by atoms with van der Waals surface area (Å²) in [5.41, 5.74) is 6.46. The highest BCUT2D eigenvalue weighted by Gasteiger charge is 2.02. The van der Waals surface area contributed by atoms with Gasteiger partial charge in [0, 0.05) is 12.3 Å². The zero-order valence-electron chi connectivity index (χ0n) is 6.66. The van der Waals surface area contributed by atoms with E-state index >= 15 is 0 Å². The molecule has 0 atom stereocenters. The lowest BCUT2D eigenvalue weighted by molar-refractivity contribution is 0.626. The molecule has 2 rings (SSSR count). The normalized spacial score (nSPS) is 10.2. The minimum atomic E-state index is -0.335. The summed E-state index contributed by atoms with van der Waals surface area (Å²) < 4.78 is 12.8. The van der Waals surface area contributed by atoms with Crippen molar-refractivity contribution >= 4 is 5.95 Å². The van der Waals surface area contributed by atoms with Crippen LogP contribution in [0.25, 0.3) is 11.4 Å². The number of nitrogens with one attached hydrogen (secondary N) is 1. The first-order valence-electron chi connectivity index (χ1n) is 3.68. The van der Waals surface area contributed by atoms with Crippen molar-refractivity contribution in [1.29, 1.82) is 0 Å². The second-order valence-corrected chi connectivity index (χ2v) is 2.54. The Bertz CT molecular complexity index is 424. The molecule has 0 saturated carbocycles. The summed E-state index contributed by atoms with van der Waals surface area (Å²) in [5, 5.41) is 0. The molecule has 2 aromatic rings. The fraction of sp³-hybridized carbons (Fsp3) is 0. The largest absolute Gasteiger partial charge is 0.369 e. The molecule has 5 heteroatoms. The summed E-state index contributed by atoms with van der Waals surface area (Å²) in [4.78, 5) is 10.5. The molecule has 0 spiro atoms. The molecule has 0 fully saturated rings. The minimum Gasteiger partial charge on any atom is -0.369 e. The van der Waals surface area contributed by atoms with Gasteiger partial charge < -0.3 is 10.7 Å². The predicted molar refractivity (Wildman–Crippen MR) is 46.2 cm³/mol. The monoisotopic (exact) mass is 178 g/mol. The lowest BCUT2D eigenvalue weighted by Crippen LogP contribution is -1.87. The number of nitrogen functional groups attached to an aromatic ring is 1. The number of hydrogen-bond acceptors (Lipinski definition) is 3. The fourth-order valence-corrected chi connectivity index (χ4v) is 1.02. The van der Waals surface area contributed by atoms with Gasteiger partial charge in [-0.1, -0.05) is 0 Å². The maximum atomic E-state index is 12.8. The highest BCUT2D eigenvalue weighted by molar-refractivity contribution is 5.54. The molecular weight excluding hydrogens is 171 g/mol.